The molecule has 0 unspecified atom stereocenters. The van der Waals surface area contributed by atoms with Gasteiger partial charge in [0.05, 0.1) is 18.4 Å². The summed E-state index contributed by atoms with van der Waals surface area (Å²) in [5, 5.41) is 6.46. The van der Waals surface area contributed by atoms with Gasteiger partial charge in [-0.1, -0.05) is 29.3 Å². The Morgan fingerprint density at radius 2 is 1.78 bits per heavy atom. The van der Waals surface area contributed by atoms with Crippen molar-refractivity contribution >= 4 is 34.8 Å². The molecule has 1 aromatic heterocycles. The highest BCUT2D eigenvalue weighted by Gasteiger charge is 2.11. The lowest BCUT2D eigenvalue weighted by Gasteiger charge is -2.11. The van der Waals surface area contributed by atoms with Crippen molar-refractivity contribution in [3.63, 3.8) is 0 Å². The third-order valence-electron chi connectivity index (χ3n) is 3.95. The van der Waals surface area contributed by atoms with Crippen LogP contribution in [0.5, 0.6) is 5.75 Å². The van der Waals surface area contributed by atoms with Crippen molar-refractivity contribution in [2.75, 3.05) is 17.7 Å². The van der Waals surface area contributed by atoms with Crippen LogP contribution >= 0.6 is 11.6 Å². The van der Waals surface area contributed by atoms with Gasteiger partial charge in [0.2, 0.25) is 5.95 Å². The van der Waals surface area contributed by atoms with E-state index >= 15 is 0 Å². The second-order valence-electron chi connectivity index (χ2n) is 6.04. The van der Waals surface area contributed by atoms with Crippen LogP contribution in [-0.4, -0.2) is 23.0 Å². The van der Waals surface area contributed by atoms with E-state index in [4.69, 9.17) is 16.3 Å². The average molecular weight is 383 g/mol. The third kappa shape index (κ3) is 4.54. The fourth-order valence-corrected chi connectivity index (χ4v) is 2.73. The van der Waals surface area contributed by atoms with Gasteiger partial charge < -0.3 is 15.4 Å². The first-order chi connectivity index (χ1) is 13.0. The maximum Gasteiger partial charge on any atom is 0.258 e. The Morgan fingerprint density at radius 3 is 2.44 bits per heavy atom. The van der Waals surface area contributed by atoms with E-state index in [2.05, 4.69) is 20.6 Å². The van der Waals surface area contributed by atoms with E-state index in [1.54, 1.807) is 25.3 Å². The van der Waals surface area contributed by atoms with Gasteiger partial charge >= 0.3 is 0 Å². The summed E-state index contributed by atoms with van der Waals surface area (Å²) in [6, 6.07) is 11.0. The van der Waals surface area contributed by atoms with E-state index in [1.165, 1.54) is 12.4 Å². The first-order valence-electron chi connectivity index (χ1n) is 8.27. The number of hydrogen-bond acceptors (Lipinski definition) is 5. The standard InChI is InChI=1S/C20H19ClN4O2/c1-12-4-6-16(13(2)8-12)24-19(26)14-10-22-20(23-11-14)25-17-9-15(21)5-7-18(17)27-3/h4-11H,1-3H3,(H,24,26)(H,22,23,25). The Kier molecular flexibility index (Phi) is 5.57. The number of rotatable bonds is 5. The quantitative estimate of drug-likeness (QED) is 0.665. The molecular formula is C20H19ClN4O2. The highest BCUT2D eigenvalue weighted by atomic mass is 35.5. The number of nitrogens with one attached hydrogen (secondary N) is 2. The predicted molar refractivity (Wildman–Crippen MR) is 107 cm³/mol. The molecule has 7 heteroatoms. The summed E-state index contributed by atoms with van der Waals surface area (Å²) in [5.41, 5.74) is 3.89. The molecule has 2 N–H and O–H groups in total. The monoisotopic (exact) mass is 382 g/mol. The summed E-state index contributed by atoms with van der Waals surface area (Å²) in [5.74, 6) is 0.673. The fourth-order valence-electron chi connectivity index (χ4n) is 2.56. The minimum atomic E-state index is -0.270. The zero-order valence-corrected chi connectivity index (χ0v) is 16.0. The summed E-state index contributed by atoms with van der Waals surface area (Å²) in [6.07, 6.45) is 2.93. The van der Waals surface area contributed by atoms with Gasteiger partial charge in [-0.15, -0.1) is 0 Å². The van der Waals surface area contributed by atoms with Crippen molar-refractivity contribution in [3.8, 4) is 5.75 Å². The molecule has 3 rings (SSSR count). The van der Waals surface area contributed by atoms with Crippen LogP contribution in [0, 0.1) is 13.8 Å². The largest absolute Gasteiger partial charge is 0.495 e. The summed E-state index contributed by atoms with van der Waals surface area (Å²) in [7, 11) is 1.57. The SMILES string of the molecule is COc1ccc(Cl)cc1Nc1ncc(C(=O)Nc2ccc(C)cc2C)cn1. The number of hydrogen-bond donors (Lipinski definition) is 2. The van der Waals surface area contributed by atoms with E-state index in [0.717, 1.165) is 16.8 Å². The molecule has 0 bridgehead atoms. The second-order valence-corrected chi connectivity index (χ2v) is 6.47. The van der Waals surface area contributed by atoms with E-state index in [-0.39, 0.29) is 5.91 Å². The number of methoxy groups -OCH3 is 1. The predicted octanol–water partition coefficient (Wildman–Crippen LogP) is 4.75. The smallest absolute Gasteiger partial charge is 0.258 e. The van der Waals surface area contributed by atoms with Gasteiger partial charge in [0.25, 0.3) is 5.91 Å². The van der Waals surface area contributed by atoms with Gasteiger partial charge in [0.15, 0.2) is 0 Å². The number of aryl methyl sites for hydroxylation is 2. The van der Waals surface area contributed by atoms with E-state index < -0.39 is 0 Å². The summed E-state index contributed by atoms with van der Waals surface area (Å²) in [4.78, 5) is 20.8. The minimum Gasteiger partial charge on any atom is -0.495 e. The van der Waals surface area contributed by atoms with E-state index in [0.29, 0.717) is 28.0 Å². The van der Waals surface area contributed by atoms with Crippen LogP contribution in [0.1, 0.15) is 21.5 Å². The van der Waals surface area contributed by atoms with Crippen molar-refractivity contribution < 1.29 is 9.53 Å². The lowest BCUT2D eigenvalue weighted by molar-refractivity contribution is 0.102. The Balaban J connectivity index is 1.73. The molecule has 0 fully saturated rings. The molecule has 0 saturated carbocycles. The lowest BCUT2D eigenvalue weighted by Crippen LogP contribution is -2.14. The van der Waals surface area contributed by atoms with E-state index in [9.17, 15) is 4.79 Å². The molecule has 0 spiro atoms. The molecule has 1 amide bonds. The number of carbonyl (C=O) groups excluding carboxylic acids is 1. The van der Waals surface area contributed by atoms with Crippen LogP contribution in [0.15, 0.2) is 48.8 Å². The number of carbonyl (C=O) groups is 1. The van der Waals surface area contributed by atoms with Gasteiger partial charge in [-0.05, 0) is 43.7 Å². The van der Waals surface area contributed by atoms with Gasteiger partial charge in [0, 0.05) is 23.1 Å². The zero-order valence-electron chi connectivity index (χ0n) is 15.2. The molecule has 0 saturated heterocycles. The van der Waals surface area contributed by atoms with Gasteiger partial charge in [-0.25, -0.2) is 9.97 Å². The molecule has 0 aliphatic rings. The van der Waals surface area contributed by atoms with Gasteiger partial charge in [-0.3, -0.25) is 4.79 Å². The van der Waals surface area contributed by atoms with Crippen LogP contribution in [0.2, 0.25) is 5.02 Å². The van der Waals surface area contributed by atoms with Crippen molar-refractivity contribution in [3.05, 3.63) is 70.5 Å². The van der Waals surface area contributed by atoms with Crippen LogP contribution in [0.3, 0.4) is 0 Å². The van der Waals surface area contributed by atoms with Crippen LogP contribution in [0.4, 0.5) is 17.3 Å². The maximum atomic E-state index is 12.4. The number of benzene rings is 2. The van der Waals surface area contributed by atoms with Crippen molar-refractivity contribution in [1.82, 2.24) is 9.97 Å². The lowest BCUT2D eigenvalue weighted by atomic mass is 10.1. The second kappa shape index (κ2) is 8.05. The highest BCUT2D eigenvalue weighted by molar-refractivity contribution is 6.31. The Morgan fingerprint density at radius 1 is 1.04 bits per heavy atom. The number of halogens is 1. The van der Waals surface area contributed by atoms with Gasteiger partial charge in [-0.2, -0.15) is 0 Å². The van der Waals surface area contributed by atoms with Crippen LogP contribution < -0.4 is 15.4 Å². The molecule has 138 valence electrons. The molecule has 0 radical (unpaired) electrons. The molecule has 1 heterocycles. The first-order valence-corrected chi connectivity index (χ1v) is 8.65. The van der Waals surface area contributed by atoms with Gasteiger partial charge in [0.1, 0.15) is 5.75 Å². The van der Waals surface area contributed by atoms with E-state index in [1.807, 2.05) is 32.0 Å². The third-order valence-corrected chi connectivity index (χ3v) is 4.19. The van der Waals surface area contributed by atoms with Crippen LogP contribution in [0.25, 0.3) is 0 Å². The Hall–Kier alpha value is -3.12. The number of anilines is 3. The number of nitrogens with zero attached hydrogens (tertiary/aromatic N) is 2. The van der Waals surface area contributed by atoms with Crippen LogP contribution in [-0.2, 0) is 0 Å². The summed E-state index contributed by atoms with van der Waals surface area (Å²) in [6.45, 7) is 3.96. The van der Waals surface area contributed by atoms with Crippen molar-refractivity contribution in [2.45, 2.75) is 13.8 Å². The summed E-state index contributed by atoms with van der Waals surface area (Å²) < 4.78 is 5.28. The molecule has 3 aromatic rings. The average Bonchev–Trinajstić information content (AvgIpc) is 2.65. The minimum absolute atomic E-state index is 0.270. The fraction of sp³-hybridized carbons (Fsp3) is 0.150. The Labute approximate surface area is 162 Å². The van der Waals surface area contributed by atoms with Crippen molar-refractivity contribution in [1.29, 1.82) is 0 Å². The molecule has 27 heavy (non-hydrogen) atoms. The maximum absolute atomic E-state index is 12.4. The number of ether oxygens (including phenoxy) is 1. The molecule has 0 aliphatic heterocycles. The first kappa shape index (κ1) is 18.7. The normalized spacial score (nSPS) is 10.4. The zero-order chi connectivity index (χ0) is 19.4. The molecule has 6 nitrogen and oxygen atoms in total. The molecule has 0 atom stereocenters. The van der Waals surface area contributed by atoms with Crippen molar-refractivity contribution in [2.24, 2.45) is 0 Å². The Bertz CT molecular complexity index is 974. The molecule has 0 aliphatic carbocycles. The number of aromatic nitrogens is 2. The molecule has 2 aromatic carbocycles. The highest BCUT2D eigenvalue weighted by Crippen LogP contribution is 2.29. The summed E-state index contributed by atoms with van der Waals surface area (Å²) >= 11 is 6.02. The topological polar surface area (TPSA) is 76.1 Å². The molecular weight excluding hydrogens is 364 g/mol. The number of amides is 1.